The van der Waals surface area contributed by atoms with Crippen LogP contribution in [0.15, 0.2) is 78.9 Å². The van der Waals surface area contributed by atoms with Crippen LogP contribution in [-0.2, 0) is 27.3 Å². The third-order valence-electron chi connectivity index (χ3n) is 6.30. The summed E-state index contributed by atoms with van der Waals surface area (Å²) in [5.41, 5.74) is 6.04. The molecule has 0 spiro atoms. The average molecular weight is 528 g/mol. The minimum atomic E-state index is -1.11. The van der Waals surface area contributed by atoms with Crippen molar-refractivity contribution in [1.82, 2.24) is 36.3 Å². The highest BCUT2D eigenvalue weighted by molar-refractivity contribution is 6.00. The number of rotatable bonds is 11. The van der Waals surface area contributed by atoms with Crippen molar-refractivity contribution in [3.05, 3.63) is 90.0 Å². The molecule has 11 nitrogen and oxygen atoms in total. The molecule has 1 aromatic heterocycles. The van der Waals surface area contributed by atoms with Crippen LogP contribution in [0.1, 0.15) is 18.1 Å². The summed E-state index contributed by atoms with van der Waals surface area (Å²) >= 11 is 0. The molecule has 0 saturated carbocycles. The first-order valence-electron chi connectivity index (χ1n) is 12.4. The number of carbonyl (C=O) groups excluding carboxylic acids is 3. The van der Waals surface area contributed by atoms with Crippen molar-refractivity contribution >= 4 is 17.7 Å². The second-order valence-electron chi connectivity index (χ2n) is 8.93. The first-order chi connectivity index (χ1) is 19.0. The maximum absolute atomic E-state index is 12.7. The summed E-state index contributed by atoms with van der Waals surface area (Å²) in [4.78, 5) is 38.8. The highest BCUT2D eigenvalue weighted by atomic mass is 16.5. The minimum absolute atomic E-state index is 0.137. The van der Waals surface area contributed by atoms with Gasteiger partial charge >= 0.3 is 0 Å². The van der Waals surface area contributed by atoms with E-state index in [2.05, 4.69) is 25.9 Å². The Kier molecular flexibility index (Phi) is 9.09. The van der Waals surface area contributed by atoms with Crippen molar-refractivity contribution < 1.29 is 19.6 Å². The molecule has 3 amide bonds. The average Bonchev–Trinajstić information content (AvgIpc) is 3.51. The van der Waals surface area contributed by atoms with Crippen molar-refractivity contribution in [3.63, 3.8) is 0 Å². The molecule has 0 fully saturated rings. The third-order valence-corrected chi connectivity index (χ3v) is 6.30. The van der Waals surface area contributed by atoms with Gasteiger partial charge in [0, 0.05) is 32.1 Å². The third kappa shape index (κ3) is 7.11. The summed E-state index contributed by atoms with van der Waals surface area (Å²) in [7, 11) is 0. The second kappa shape index (κ2) is 13.1. The zero-order chi connectivity index (χ0) is 27.6. The normalized spacial score (nSPS) is 11.4. The van der Waals surface area contributed by atoms with Gasteiger partial charge < -0.3 is 10.2 Å². The largest absolute Gasteiger partial charge is 0.354 e. The van der Waals surface area contributed by atoms with Crippen LogP contribution in [0.4, 0.5) is 0 Å². The molecule has 3 aromatic carbocycles. The Morgan fingerprint density at radius 1 is 0.897 bits per heavy atom. The molecule has 0 saturated heterocycles. The number of hydrogen-bond donors (Lipinski definition) is 4. The number of amides is 3. The van der Waals surface area contributed by atoms with Gasteiger partial charge in [-0.1, -0.05) is 78.9 Å². The lowest BCUT2D eigenvalue weighted by Crippen LogP contribution is -2.44. The monoisotopic (exact) mass is 527 g/mol. The Bertz CT molecular complexity index is 1390. The molecule has 4 N–H and O–H groups in total. The van der Waals surface area contributed by atoms with E-state index in [1.165, 1.54) is 6.92 Å². The van der Waals surface area contributed by atoms with Crippen molar-refractivity contribution in [2.75, 3.05) is 13.1 Å². The van der Waals surface area contributed by atoms with E-state index in [1.807, 2.05) is 66.7 Å². The molecule has 0 bridgehead atoms. The molecular weight excluding hydrogens is 498 g/mol. The van der Waals surface area contributed by atoms with Gasteiger partial charge in [0.15, 0.2) is 0 Å². The molecule has 1 atom stereocenters. The molecule has 1 unspecified atom stereocenters. The highest BCUT2D eigenvalue weighted by Gasteiger charge is 2.26. The zero-order valence-electron chi connectivity index (χ0n) is 21.4. The molecule has 1 heterocycles. The second-order valence-corrected chi connectivity index (χ2v) is 8.93. The van der Waals surface area contributed by atoms with E-state index in [0.29, 0.717) is 12.4 Å². The molecule has 0 radical (unpaired) electrons. The topological polar surface area (TPSA) is 153 Å². The standard InChI is InChI=1S/C28H29N7O4/c1-19(36)35(16-15-29-27(37)25(28(38)32-39)17-20-7-3-2-4-8-20)18-21-11-13-22(14-12-21)23-9-5-6-10-24(23)26-30-33-34-31-26/h2-14,25,39H,15-18H2,1H3,(H,29,37)(H,32,38)(H,30,31,33,34). The van der Waals surface area contributed by atoms with Gasteiger partial charge in [0.1, 0.15) is 5.92 Å². The number of aromatic nitrogens is 4. The number of hydroxylamine groups is 1. The van der Waals surface area contributed by atoms with Crippen LogP contribution in [0.2, 0.25) is 0 Å². The van der Waals surface area contributed by atoms with Gasteiger partial charge in [0.2, 0.25) is 17.6 Å². The van der Waals surface area contributed by atoms with Gasteiger partial charge in [-0.2, -0.15) is 5.21 Å². The maximum atomic E-state index is 12.7. The number of benzene rings is 3. The van der Waals surface area contributed by atoms with Crippen LogP contribution >= 0.6 is 0 Å². The van der Waals surface area contributed by atoms with Gasteiger partial charge in [-0.3, -0.25) is 19.6 Å². The molecule has 0 aliphatic rings. The molecule has 39 heavy (non-hydrogen) atoms. The Labute approximate surface area is 225 Å². The Hall–Kier alpha value is -4.90. The first-order valence-corrected chi connectivity index (χ1v) is 12.4. The highest BCUT2D eigenvalue weighted by Crippen LogP contribution is 2.29. The minimum Gasteiger partial charge on any atom is -0.354 e. The van der Waals surface area contributed by atoms with E-state index >= 15 is 0 Å². The van der Waals surface area contributed by atoms with Crippen LogP contribution in [-0.4, -0.2) is 61.5 Å². The first kappa shape index (κ1) is 27.1. The lowest BCUT2D eigenvalue weighted by molar-refractivity contribution is -0.141. The lowest BCUT2D eigenvalue weighted by atomic mass is 9.98. The number of carbonyl (C=O) groups is 3. The van der Waals surface area contributed by atoms with Crippen LogP contribution < -0.4 is 10.8 Å². The summed E-state index contributed by atoms with van der Waals surface area (Å²) < 4.78 is 0. The van der Waals surface area contributed by atoms with Crippen molar-refractivity contribution in [3.8, 4) is 22.5 Å². The number of aromatic amines is 1. The fourth-order valence-corrected chi connectivity index (χ4v) is 4.23. The van der Waals surface area contributed by atoms with E-state index in [0.717, 1.165) is 27.8 Å². The maximum Gasteiger partial charge on any atom is 0.256 e. The predicted molar refractivity (Wildman–Crippen MR) is 143 cm³/mol. The molecule has 11 heteroatoms. The Morgan fingerprint density at radius 2 is 1.59 bits per heavy atom. The van der Waals surface area contributed by atoms with Crippen molar-refractivity contribution in [2.24, 2.45) is 5.92 Å². The quantitative estimate of drug-likeness (QED) is 0.133. The van der Waals surface area contributed by atoms with Gasteiger partial charge in [0.25, 0.3) is 5.91 Å². The Balaban J connectivity index is 1.37. The molecule has 4 aromatic rings. The number of nitrogens with one attached hydrogen (secondary N) is 3. The molecule has 200 valence electrons. The molecule has 0 aliphatic heterocycles. The van der Waals surface area contributed by atoms with Gasteiger partial charge in [-0.05, 0) is 33.9 Å². The smallest absolute Gasteiger partial charge is 0.256 e. The lowest BCUT2D eigenvalue weighted by Gasteiger charge is -2.22. The molecule has 0 aliphatic carbocycles. The van der Waals surface area contributed by atoms with Crippen LogP contribution in [0, 0.1) is 5.92 Å². The van der Waals surface area contributed by atoms with Gasteiger partial charge in [0.05, 0.1) is 0 Å². The van der Waals surface area contributed by atoms with Crippen molar-refractivity contribution in [2.45, 2.75) is 19.9 Å². The van der Waals surface area contributed by atoms with E-state index in [-0.39, 0.29) is 25.4 Å². The summed E-state index contributed by atoms with van der Waals surface area (Å²) in [6.45, 7) is 2.22. The van der Waals surface area contributed by atoms with Crippen LogP contribution in [0.5, 0.6) is 0 Å². The molecular formula is C28H29N7O4. The summed E-state index contributed by atoms with van der Waals surface area (Å²) in [6, 6.07) is 24.6. The number of H-pyrrole nitrogens is 1. The predicted octanol–water partition coefficient (Wildman–Crippen LogP) is 2.36. The number of hydrogen-bond acceptors (Lipinski definition) is 7. The fourth-order valence-electron chi connectivity index (χ4n) is 4.23. The SMILES string of the molecule is CC(=O)N(CCNC(=O)C(Cc1ccccc1)C(=O)NO)Cc1ccc(-c2ccccc2-c2nn[nH]n2)cc1. The fraction of sp³-hybridized carbons (Fsp3) is 0.214. The Morgan fingerprint density at radius 3 is 2.23 bits per heavy atom. The van der Waals surface area contributed by atoms with Gasteiger partial charge in [-0.15, -0.1) is 10.2 Å². The summed E-state index contributed by atoms with van der Waals surface area (Å²) in [6.07, 6.45) is 0.137. The number of tetrazole rings is 1. The summed E-state index contributed by atoms with van der Waals surface area (Å²) in [5.74, 6) is -2.07. The van der Waals surface area contributed by atoms with E-state index in [4.69, 9.17) is 5.21 Å². The summed E-state index contributed by atoms with van der Waals surface area (Å²) in [5, 5.41) is 26.1. The zero-order valence-corrected chi connectivity index (χ0v) is 21.4. The van der Waals surface area contributed by atoms with E-state index in [9.17, 15) is 14.4 Å². The van der Waals surface area contributed by atoms with Crippen LogP contribution in [0.25, 0.3) is 22.5 Å². The van der Waals surface area contributed by atoms with Crippen molar-refractivity contribution in [1.29, 1.82) is 0 Å². The van der Waals surface area contributed by atoms with E-state index < -0.39 is 17.7 Å². The van der Waals surface area contributed by atoms with Crippen LogP contribution in [0.3, 0.4) is 0 Å². The number of nitrogens with zero attached hydrogens (tertiary/aromatic N) is 4. The van der Waals surface area contributed by atoms with E-state index in [1.54, 1.807) is 22.5 Å². The van der Waals surface area contributed by atoms with Gasteiger partial charge in [-0.25, -0.2) is 5.48 Å². The molecule has 4 rings (SSSR count).